The van der Waals surface area contributed by atoms with E-state index >= 15 is 0 Å². The highest BCUT2D eigenvalue weighted by Gasteiger charge is 2.39. The molecule has 0 bridgehead atoms. The molecular weight excluding hydrogens is 283 g/mol. The second-order valence-electron chi connectivity index (χ2n) is 5.39. The predicted octanol–water partition coefficient (Wildman–Crippen LogP) is 3.41. The SMILES string of the molecule is CC(NC(=O)C(F)(F)F)c1ccc(C(=O)CC2CC2)cc1. The van der Waals surface area contributed by atoms with Crippen LogP contribution in [0, 0.1) is 5.92 Å². The number of Topliss-reactive ketones (excluding diaryl/α,β-unsaturated/α-hetero) is 1. The van der Waals surface area contributed by atoms with Gasteiger partial charge in [0.05, 0.1) is 6.04 Å². The van der Waals surface area contributed by atoms with Gasteiger partial charge in [0.25, 0.3) is 0 Å². The minimum absolute atomic E-state index is 0.0519. The first-order valence-electron chi connectivity index (χ1n) is 6.78. The van der Waals surface area contributed by atoms with Crippen LogP contribution in [-0.4, -0.2) is 17.9 Å². The minimum Gasteiger partial charge on any atom is -0.342 e. The summed E-state index contributed by atoms with van der Waals surface area (Å²) in [6, 6.07) is 5.56. The molecule has 114 valence electrons. The third kappa shape index (κ3) is 4.31. The zero-order valence-electron chi connectivity index (χ0n) is 11.5. The van der Waals surface area contributed by atoms with Gasteiger partial charge in [-0.05, 0) is 31.2 Å². The third-order valence-electron chi connectivity index (χ3n) is 3.51. The van der Waals surface area contributed by atoms with E-state index in [1.807, 2.05) is 5.32 Å². The van der Waals surface area contributed by atoms with Crippen LogP contribution in [-0.2, 0) is 4.79 Å². The molecule has 2 rings (SSSR count). The Morgan fingerprint density at radius 3 is 2.29 bits per heavy atom. The molecule has 6 heteroatoms. The van der Waals surface area contributed by atoms with Crippen LogP contribution >= 0.6 is 0 Å². The maximum Gasteiger partial charge on any atom is 0.471 e. The zero-order valence-corrected chi connectivity index (χ0v) is 11.5. The number of halogens is 3. The van der Waals surface area contributed by atoms with Crippen molar-refractivity contribution in [2.75, 3.05) is 0 Å². The molecule has 3 nitrogen and oxygen atoms in total. The molecule has 0 aliphatic heterocycles. The first kappa shape index (κ1) is 15.5. The smallest absolute Gasteiger partial charge is 0.342 e. The maximum atomic E-state index is 12.2. The van der Waals surface area contributed by atoms with Gasteiger partial charge in [-0.15, -0.1) is 0 Å². The molecule has 1 aromatic rings. The van der Waals surface area contributed by atoms with Crippen LogP contribution in [0.1, 0.15) is 48.1 Å². The maximum absolute atomic E-state index is 12.2. The predicted molar refractivity (Wildman–Crippen MR) is 70.7 cm³/mol. The van der Waals surface area contributed by atoms with E-state index in [2.05, 4.69) is 0 Å². The second-order valence-corrected chi connectivity index (χ2v) is 5.39. The van der Waals surface area contributed by atoms with Crippen LogP contribution in [0.4, 0.5) is 13.2 Å². The number of hydrogen-bond acceptors (Lipinski definition) is 2. The van der Waals surface area contributed by atoms with Crippen LogP contribution in [0.15, 0.2) is 24.3 Å². The summed E-state index contributed by atoms with van der Waals surface area (Å²) in [6.45, 7) is 1.46. The number of hydrogen-bond donors (Lipinski definition) is 1. The summed E-state index contributed by atoms with van der Waals surface area (Å²) in [5.41, 5.74) is 1.08. The Morgan fingerprint density at radius 1 is 1.24 bits per heavy atom. The molecule has 0 spiro atoms. The Kier molecular flexibility index (Phi) is 4.34. The van der Waals surface area contributed by atoms with Crippen molar-refractivity contribution in [3.63, 3.8) is 0 Å². The van der Waals surface area contributed by atoms with Gasteiger partial charge >= 0.3 is 12.1 Å². The molecule has 0 heterocycles. The number of alkyl halides is 3. The van der Waals surface area contributed by atoms with E-state index in [0.29, 0.717) is 23.5 Å². The van der Waals surface area contributed by atoms with Gasteiger partial charge < -0.3 is 5.32 Å². The van der Waals surface area contributed by atoms with Gasteiger partial charge in [0.15, 0.2) is 5.78 Å². The van der Waals surface area contributed by atoms with E-state index < -0.39 is 18.1 Å². The molecule has 1 N–H and O–H groups in total. The first-order chi connectivity index (χ1) is 9.77. The lowest BCUT2D eigenvalue weighted by atomic mass is 10.0. The molecule has 0 saturated heterocycles. The van der Waals surface area contributed by atoms with Crippen LogP contribution in [0.25, 0.3) is 0 Å². The Hall–Kier alpha value is -1.85. The second kappa shape index (κ2) is 5.87. The van der Waals surface area contributed by atoms with Gasteiger partial charge in [-0.25, -0.2) is 0 Å². The van der Waals surface area contributed by atoms with Gasteiger partial charge in [0, 0.05) is 12.0 Å². The fourth-order valence-electron chi connectivity index (χ4n) is 2.02. The Morgan fingerprint density at radius 2 is 1.81 bits per heavy atom. The topological polar surface area (TPSA) is 46.2 Å². The van der Waals surface area contributed by atoms with Crippen molar-refractivity contribution in [2.45, 2.75) is 38.4 Å². The lowest BCUT2D eigenvalue weighted by Gasteiger charge is -2.15. The highest BCUT2D eigenvalue weighted by molar-refractivity contribution is 5.96. The van der Waals surface area contributed by atoms with Gasteiger partial charge in [0.1, 0.15) is 0 Å². The zero-order chi connectivity index (χ0) is 15.6. The molecule has 1 aromatic carbocycles. The van der Waals surface area contributed by atoms with E-state index in [-0.39, 0.29) is 5.78 Å². The monoisotopic (exact) mass is 299 g/mol. The van der Waals surface area contributed by atoms with Gasteiger partial charge in [-0.1, -0.05) is 24.3 Å². The highest BCUT2D eigenvalue weighted by atomic mass is 19.4. The van der Waals surface area contributed by atoms with Crippen molar-refractivity contribution in [3.8, 4) is 0 Å². The molecular formula is C15H16F3NO2. The van der Waals surface area contributed by atoms with E-state index in [4.69, 9.17) is 0 Å². The Labute approximate surface area is 120 Å². The van der Waals surface area contributed by atoms with Crippen LogP contribution in [0.2, 0.25) is 0 Å². The molecule has 1 aliphatic rings. The Bertz CT molecular complexity index is 533. The molecule has 1 saturated carbocycles. The molecule has 21 heavy (non-hydrogen) atoms. The van der Waals surface area contributed by atoms with Crippen molar-refractivity contribution in [1.82, 2.24) is 5.32 Å². The van der Waals surface area contributed by atoms with Gasteiger partial charge in [0.2, 0.25) is 0 Å². The number of nitrogens with one attached hydrogen (secondary N) is 1. The molecule has 1 aliphatic carbocycles. The number of ketones is 1. The quantitative estimate of drug-likeness (QED) is 0.847. The summed E-state index contributed by atoms with van der Waals surface area (Å²) in [7, 11) is 0. The largest absolute Gasteiger partial charge is 0.471 e. The summed E-state index contributed by atoms with van der Waals surface area (Å²) in [5, 5.41) is 1.88. The highest BCUT2D eigenvalue weighted by Crippen LogP contribution is 2.33. The average molecular weight is 299 g/mol. The van der Waals surface area contributed by atoms with Crippen molar-refractivity contribution >= 4 is 11.7 Å². The molecule has 1 unspecified atom stereocenters. The fraction of sp³-hybridized carbons (Fsp3) is 0.467. The fourth-order valence-corrected chi connectivity index (χ4v) is 2.02. The molecule has 0 aromatic heterocycles. The molecule has 1 amide bonds. The molecule has 1 fully saturated rings. The lowest BCUT2D eigenvalue weighted by Crippen LogP contribution is -2.38. The number of carbonyl (C=O) groups is 2. The van der Waals surface area contributed by atoms with Gasteiger partial charge in [-0.2, -0.15) is 13.2 Å². The van der Waals surface area contributed by atoms with Crippen molar-refractivity contribution in [1.29, 1.82) is 0 Å². The van der Waals surface area contributed by atoms with Crippen molar-refractivity contribution < 1.29 is 22.8 Å². The van der Waals surface area contributed by atoms with E-state index in [1.54, 1.807) is 24.3 Å². The third-order valence-corrected chi connectivity index (χ3v) is 3.51. The summed E-state index contributed by atoms with van der Waals surface area (Å²) < 4.78 is 36.5. The molecule has 0 radical (unpaired) electrons. The summed E-state index contributed by atoms with van der Waals surface area (Å²) >= 11 is 0. The number of carbonyl (C=O) groups excluding carboxylic acids is 2. The van der Waals surface area contributed by atoms with E-state index in [9.17, 15) is 22.8 Å². The summed E-state index contributed by atoms with van der Waals surface area (Å²) in [4.78, 5) is 22.7. The average Bonchev–Trinajstić information content (AvgIpc) is 3.21. The van der Waals surface area contributed by atoms with Crippen molar-refractivity contribution in [2.24, 2.45) is 5.92 Å². The van der Waals surface area contributed by atoms with Crippen LogP contribution < -0.4 is 5.32 Å². The number of amides is 1. The van der Waals surface area contributed by atoms with Crippen molar-refractivity contribution in [3.05, 3.63) is 35.4 Å². The van der Waals surface area contributed by atoms with Gasteiger partial charge in [-0.3, -0.25) is 9.59 Å². The van der Waals surface area contributed by atoms with E-state index in [0.717, 1.165) is 12.8 Å². The number of rotatable bonds is 5. The first-order valence-corrected chi connectivity index (χ1v) is 6.78. The standard InChI is InChI=1S/C15H16F3NO2/c1-9(19-14(21)15(16,17)18)11-4-6-12(7-5-11)13(20)8-10-2-3-10/h4-7,9-10H,2-3,8H2,1H3,(H,19,21). The van der Waals surface area contributed by atoms with E-state index in [1.165, 1.54) is 6.92 Å². The number of benzene rings is 1. The lowest BCUT2D eigenvalue weighted by molar-refractivity contribution is -0.174. The van der Waals surface area contributed by atoms with Crippen LogP contribution in [0.3, 0.4) is 0 Å². The normalized spacial score (nSPS) is 16.4. The van der Waals surface area contributed by atoms with Crippen LogP contribution in [0.5, 0.6) is 0 Å². The molecule has 1 atom stereocenters. The summed E-state index contributed by atoms with van der Waals surface area (Å²) in [5.74, 6) is -1.43. The minimum atomic E-state index is -4.89. The Balaban J connectivity index is 1.97. The summed E-state index contributed by atoms with van der Waals surface area (Å²) in [6.07, 6.45) is -2.19.